The van der Waals surface area contributed by atoms with Crippen molar-refractivity contribution < 1.29 is 9.53 Å². The van der Waals surface area contributed by atoms with Crippen molar-refractivity contribution in [2.24, 2.45) is 5.73 Å². The molecule has 5 heteroatoms. The summed E-state index contributed by atoms with van der Waals surface area (Å²) in [4.78, 5) is 16.5. The highest BCUT2D eigenvalue weighted by Crippen LogP contribution is 2.23. The van der Waals surface area contributed by atoms with Crippen LogP contribution >= 0.6 is 0 Å². The van der Waals surface area contributed by atoms with Crippen molar-refractivity contribution in [2.75, 3.05) is 26.2 Å². The Morgan fingerprint density at radius 2 is 1.87 bits per heavy atom. The Morgan fingerprint density at radius 1 is 1.13 bits per heavy atom. The van der Waals surface area contributed by atoms with Crippen LogP contribution in [-0.2, 0) is 11.3 Å². The van der Waals surface area contributed by atoms with Gasteiger partial charge in [-0.25, -0.2) is 4.79 Å². The van der Waals surface area contributed by atoms with Crippen molar-refractivity contribution in [3.63, 3.8) is 0 Å². The van der Waals surface area contributed by atoms with Gasteiger partial charge in [-0.15, -0.1) is 0 Å². The first-order valence-electron chi connectivity index (χ1n) is 8.67. The highest BCUT2D eigenvalue weighted by Gasteiger charge is 2.29. The number of rotatable bonds is 3. The number of ether oxygens (including phenoxy) is 1. The van der Waals surface area contributed by atoms with Crippen LogP contribution in [0.5, 0.6) is 0 Å². The fourth-order valence-electron chi connectivity index (χ4n) is 3.61. The Labute approximate surface area is 138 Å². The molecular weight excluding hydrogens is 290 g/mol. The van der Waals surface area contributed by atoms with E-state index in [1.807, 2.05) is 35.2 Å². The van der Waals surface area contributed by atoms with Gasteiger partial charge in [0.2, 0.25) is 0 Å². The molecule has 0 aromatic heterocycles. The fraction of sp³-hybridized carbons (Fsp3) is 0.611. The summed E-state index contributed by atoms with van der Waals surface area (Å²) >= 11 is 0. The van der Waals surface area contributed by atoms with Crippen LogP contribution in [0.3, 0.4) is 0 Å². The Kier molecular flexibility index (Phi) is 5.51. The van der Waals surface area contributed by atoms with E-state index < -0.39 is 0 Å². The minimum atomic E-state index is -0.200. The predicted molar refractivity (Wildman–Crippen MR) is 90.0 cm³/mol. The molecule has 0 spiro atoms. The average molecular weight is 317 g/mol. The molecule has 1 saturated heterocycles. The van der Waals surface area contributed by atoms with Gasteiger partial charge in [0.15, 0.2) is 0 Å². The summed E-state index contributed by atoms with van der Waals surface area (Å²) in [6.07, 6.45) is 4.52. The van der Waals surface area contributed by atoms with Gasteiger partial charge in [0.25, 0.3) is 0 Å². The van der Waals surface area contributed by atoms with E-state index in [0.717, 1.165) is 44.6 Å². The minimum Gasteiger partial charge on any atom is -0.445 e. The molecule has 0 bridgehead atoms. The standard InChI is InChI=1S/C18H27N3O2/c19-16-7-4-8-17(13-16)20-9-11-21(12-10-20)18(22)23-14-15-5-2-1-3-6-15/h1-3,5-6,16-17H,4,7-14,19H2/t16-,17+/m1/s1. The largest absolute Gasteiger partial charge is 0.445 e. The van der Waals surface area contributed by atoms with Crippen LogP contribution in [0.25, 0.3) is 0 Å². The highest BCUT2D eigenvalue weighted by molar-refractivity contribution is 5.67. The van der Waals surface area contributed by atoms with E-state index in [2.05, 4.69) is 4.90 Å². The molecule has 3 rings (SSSR count). The van der Waals surface area contributed by atoms with Crippen LogP contribution in [0, 0.1) is 0 Å². The Morgan fingerprint density at radius 3 is 2.57 bits per heavy atom. The fourth-order valence-corrected chi connectivity index (χ4v) is 3.61. The van der Waals surface area contributed by atoms with Crippen LogP contribution < -0.4 is 5.73 Å². The molecule has 2 N–H and O–H groups in total. The second kappa shape index (κ2) is 7.79. The van der Waals surface area contributed by atoms with Gasteiger partial charge in [-0.2, -0.15) is 0 Å². The second-order valence-electron chi connectivity index (χ2n) is 6.64. The zero-order valence-corrected chi connectivity index (χ0v) is 13.7. The molecule has 23 heavy (non-hydrogen) atoms. The molecular formula is C18H27N3O2. The van der Waals surface area contributed by atoms with Gasteiger partial charge in [0.1, 0.15) is 6.61 Å². The van der Waals surface area contributed by atoms with Crippen LogP contribution in [0.4, 0.5) is 4.79 Å². The maximum atomic E-state index is 12.2. The summed E-state index contributed by atoms with van der Waals surface area (Å²) in [5.74, 6) is 0. The zero-order valence-electron chi connectivity index (χ0n) is 13.7. The van der Waals surface area contributed by atoms with E-state index in [4.69, 9.17) is 10.5 Å². The lowest BCUT2D eigenvalue weighted by molar-refractivity contribution is 0.0511. The summed E-state index contributed by atoms with van der Waals surface area (Å²) in [6.45, 7) is 3.70. The summed E-state index contributed by atoms with van der Waals surface area (Å²) in [6, 6.07) is 10.8. The summed E-state index contributed by atoms with van der Waals surface area (Å²) in [5.41, 5.74) is 7.11. The first-order valence-corrected chi connectivity index (χ1v) is 8.67. The van der Waals surface area contributed by atoms with Crippen LogP contribution in [0.15, 0.2) is 30.3 Å². The molecule has 5 nitrogen and oxygen atoms in total. The molecule has 1 aromatic rings. The molecule has 0 unspecified atom stereocenters. The molecule has 126 valence electrons. The lowest BCUT2D eigenvalue weighted by Crippen LogP contribution is -2.53. The molecule has 1 aliphatic heterocycles. The monoisotopic (exact) mass is 317 g/mol. The molecule has 1 saturated carbocycles. The normalized spacial score (nSPS) is 26.0. The van der Waals surface area contributed by atoms with Crippen LogP contribution in [-0.4, -0.2) is 54.2 Å². The maximum absolute atomic E-state index is 12.2. The summed E-state index contributed by atoms with van der Waals surface area (Å²) in [7, 11) is 0. The third-order valence-electron chi connectivity index (χ3n) is 4.98. The van der Waals surface area contributed by atoms with Gasteiger partial charge in [-0.3, -0.25) is 4.90 Å². The van der Waals surface area contributed by atoms with E-state index in [1.54, 1.807) is 0 Å². The number of piperazine rings is 1. The quantitative estimate of drug-likeness (QED) is 0.928. The number of hydrogen-bond acceptors (Lipinski definition) is 4. The SMILES string of the molecule is N[C@@H]1CCC[C@H](N2CCN(C(=O)OCc3ccccc3)CC2)C1. The van der Waals surface area contributed by atoms with Crippen molar-refractivity contribution >= 4 is 6.09 Å². The van der Waals surface area contributed by atoms with Gasteiger partial charge in [0, 0.05) is 38.3 Å². The molecule has 1 aliphatic carbocycles. The summed E-state index contributed by atoms with van der Waals surface area (Å²) < 4.78 is 5.41. The molecule has 1 aromatic carbocycles. The van der Waals surface area contributed by atoms with Crippen molar-refractivity contribution in [2.45, 2.75) is 44.4 Å². The van der Waals surface area contributed by atoms with Crippen molar-refractivity contribution in [3.05, 3.63) is 35.9 Å². The van der Waals surface area contributed by atoms with Crippen molar-refractivity contribution in [1.82, 2.24) is 9.80 Å². The number of nitrogens with two attached hydrogens (primary N) is 1. The second-order valence-corrected chi connectivity index (χ2v) is 6.64. The van der Waals surface area contributed by atoms with E-state index in [1.165, 1.54) is 12.8 Å². The van der Waals surface area contributed by atoms with Gasteiger partial charge >= 0.3 is 6.09 Å². The van der Waals surface area contributed by atoms with Gasteiger partial charge < -0.3 is 15.4 Å². The third kappa shape index (κ3) is 4.45. The number of carbonyl (C=O) groups is 1. The van der Waals surface area contributed by atoms with E-state index in [9.17, 15) is 4.79 Å². The maximum Gasteiger partial charge on any atom is 0.410 e. The zero-order chi connectivity index (χ0) is 16.1. The Balaban J connectivity index is 1.42. The molecule has 2 aliphatic rings. The van der Waals surface area contributed by atoms with E-state index >= 15 is 0 Å². The minimum absolute atomic E-state index is 0.200. The van der Waals surface area contributed by atoms with E-state index in [-0.39, 0.29) is 6.09 Å². The number of carbonyl (C=O) groups excluding carboxylic acids is 1. The highest BCUT2D eigenvalue weighted by atomic mass is 16.6. The molecule has 1 heterocycles. The first kappa shape index (κ1) is 16.3. The smallest absolute Gasteiger partial charge is 0.410 e. The Hall–Kier alpha value is -1.59. The molecule has 2 fully saturated rings. The number of nitrogens with zero attached hydrogens (tertiary/aromatic N) is 2. The van der Waals surface area contributed by atoms with E-state index in [0.29, 0.717) is 18.7 Å². The topological polar surface area (TPSA) is 58.8 Å². The number of benzene rings is 1. The lowest BCUT2D eigenvalue weighted by atomic mass is 9.90. The number of amides is 1. The molecule has 2 atom stereocenters. The van der Waals surface area contributed by atoms with Crippen LogP contribution in [0.1, 0.15) is 31.2 Å². The summed E-state index contributed by atoms with van der Waals surface area (Å²) in [5, 5.41) is 0. The van der Waals surface area contributed by atoms with Gasteiger partial charge in [0.05, 0.1) is 0 Å². The van der Waals surface area contributed by atoms with Crippen molar-refractivity contribution in [3.8, 4) is 0 Å². The average Bonchev–Trinajstić information content (AvgIpc) is 2.61. The number of hydrogen-bond donors (Lipinski definition) is 1. The third-order valence-corrected chi connectivity index (χ3v) is 4.98. The van der Waals surface area contributed by atoms with Gasteiger partial charge in [-0.05, 0) is 24.8 Å². The van der Waals surface area contributed by atoms with Gasteiger partial charge in [-0.1, -0.05) is 36.8 Å². The van der Waals surface area contributed by atoms with Crippen molar-refractivity contribution in [1.29, 1.82) is 0 Å². The Bertz CT molecular complexity index is 500. The predicted octanol–water partition coefficient (Wildman–Crippen LogP) is 2.21. The molecule has 0 radical (unpaired) electrons. The van der Waals surface area contributed by atoms with Crippen LogP contribution in [0.2, 0.25) is 0 Å². The first-order chi connectivity index (χ1) is 11.2. The molecule has 1 amide bonds. The lowest BCUT2D eigenvalue weighted by Gasteiger charge is -2.41.